The van der Waals surface area contributed by atoms with Gasteiger partial charge in [-0.1, -0.05) is 0 Å². The highest BCUT2D eigenvalue weighted by Gasteiger charge is 2.10. The number of aromatic nitrogens is 2. The Balaban J connectivity index is 3.29. The Kier molecular flexibility index (Phi) is 1.79. The molecule has 4 N–H and O–H groups in total. The van der Waals surface area contributed by atoms with Crippen molar-refractivity contribution < 1.29 is 0 Å². The lowest BCUT2D eigenvalue weighted by Gasteiger charge is -1.89. The summed E-state index contributed by atoms with van der Waals surface area (Å²) in [5, 5.41) is 12.5. The van der Waals surface area contributed by atoms with Crippen molar-refractivity contribution in [2.75, 3.05) is 5.73 Å². The maximum atomic E-state index is 8.60. The van der Waals surface area contributed by atoms with E-state index in [9.17, 15) is 0 Å². The molecule has 11 heavy (non-hydrogen) atoms. The van der Waals surface area contributed by atoms with Crippen LogP contribution in [0.15, 0.2) is 0 Å². The zero-order valence-corrected chi connectivity index (χ0v) is 6.20. The maximum Gasteiger partial charge on any atom is 0.139 e. The first-order valence-electron chi connectivity index (χ1n) is 3.12. The third-order valence-corrected chi connectivity index (χ3v) is 1.47. The predicted molar refractivity (Wildman–Crippen MR) is 40.2 cm³/mol. The Labute approximate surface area is 64.2 Å². The lowest BCUT2D eigenvalue weighted by Crippen LogP contribution is -1.99. The van der Waals surface area contributed by atoms with E-state index in [0.29, 0.717) is 17.1 Å². The molecule has 58 valence electrons. The van der Waals surface area contributed by atoms with E-state index in [-0.39, 0.29) is 6.54 Å². The van der Waals surface area contributed by atoms with Crippen LogP contribution in [0, 0.1) is 11.3 Å². The number of nitrogen functional groups attached to an aromatic ring is 1. The second kappa shape index (κ2) is 2.60. The predicted octanol–water partition coefficient (Wildman–Crippen LogP) is -0.667. The molecule has 0 aliphatic rings. The molecule has 5 nitrogen and oxygen atoms in total. The monoisotopic (exact) mass is 151 g/mol. The van der Waals surface area contributed by atoms with Crippen LogP contribution >= 0.6 is 0 Å². The Hall–Kier alpha value is -1.54. The normalized spacial score (nSPS) is 9.55. The molecule has 0 fully saturated rings. The fourth-order valence-electron chi connectivity index (χ4n) is 0.859. The largest absolute Gasteiger partial charge is 0.383 e. The molecule has 0 bridgehead atoms. The van der Waals surface area contributed by atoms with Gasteiger partial charge in [-0.05, 0) is 0 Å². The summed E-state index contributed by atoms with van der Waals surface area (Å²) in [7, 11) is 1.68. The van der Waals surface area contributed by atoms with Crippen LogP contribution in [0.3, 0.4) is 0 Å². The molecule has 0 atom stereocenters. The van der Waals surface area contributed by atoms with E-state index in [1.165, 1.54) is 4.68 Å². The van der Waals surface area contributed by atoms with Crippen molar-refractivity contribution in [3.05, 3.63) is 11.3 Å². The molecule has 0 aliphatic carbocycles. The van der Waals surface area contributed by atoms with Crippen molar-refractivity contribution in [2.45, 2.75) is 6.54 Å². The first kappa shape index (κ1) is 7.57. The highest BCUT2D eigenvalue weighted by atomic mass is 15.3. The molecule has 1 rings (SSSR count). The summed E-state index contributed by atoms with van der Waals surface area (Å²) in [6.07, 6.45) is 0. The molecule has 1 heterocycles. The highest BCUT2D eigenvalue weighted by Crippen LogP contribution is 2.12. The molecule has 5 heteroatoms. The number of hydrogen-bond donors (Lipinski definition) is 2. The SMILES string of the molecule is Cn1nc(CN)c(C#N)c1N. The Morgan fingerprint density at radius 1 is 1.73 bits per heavy atom. The summed E-state index contributed by atoms with van der Waals surface area (Å²) in [5.41, 5.74) is 11.8. The zero-order valence-electron chi connectivity index (χ0n) is 6.20. The molecule has 0 radical (unpaired) electrons. The van der Waals surface area contributed by atoms with Crippen LogP contribution in [0.5, 0.6) is 0 Å². The Morgan fingerprint density at radius 3 is 2.73 bits per heavy atom. The Bertz CT molecular complexity index is 306. The summed E-state index contributed by atoms with van der Waals surface area (Å²) >= 11 is 0. The van der Waals surface area contributed by atoms with Crippen molar-refractivity contribution in [3.8, 4) is 6.07 Å². The first-order chi connectivity index (χ1) is 5.20. The second-order valence-electron chi connectivity index (χ2n) is 2.15. The number of nitriles is 1. The van der Waals surface area contributed by atoms with Crippen molar-refractivity contribution >= 4 is 5.82 Å². The number of anilines is 1. The average Bonchev–Trinajstić information content (AvgIpc) is 2.28. The van der Waals surface area contributed by atoms with Gasteiger partial charge in [-0.15, -0.1) is 0 Å². The van der Waals surface area contributed by atoms with Gasteiger partial charge in [-0.25, -0.2) is 0 Å². The molecule has 0 spiro atoms. The molecule has 0 unspecified atom stereocenters. The van der Waals surface area contributed by atoms with Gasteiger partial charge in [0.15, 0.2) is 0 Å². The Morgan fingerprint density at radius 2 is 2.36 bits per heavy atom. The van der Waals surface area contributed by atoms with Crippen LogP contribution in [0.25, 0.3) is 0 Å². The van der Waals surface area contributed by atoms with Gasteiger partial charge >= 0.3 is 0 Å². The van der Waals surface area contributed by atoms with Gasteiger partial charge in [-0.3, -0.25) is 4.68 Å². The van der Waals surface area contributed by atoms with Crippen LogP contribution in [0.4, 0.5) is 5.82 Å². The van der Waals surface area contributed by atoms with E-state index in [0.717, 1.165) is 0 Å². The van der Waals surface area contributed by atoms with Gasteiger partial charge in [0.1, 0.15) is 17.5 Å². The van der Waals surface area contributed by atoms with Crippen molar-refractivity contribution in [3.63, 3.8) is 0 Å². The zero-order chi connectivity index (χ0) is 8.43. The topological polar surface area (TPSA) is 93.6 Å². The summed E-state index contributed by atoms with van der Waals surface area (Å²) in [6, 6.07) is 1.95. The van der Waals surface area contributed by atoms with E-state index >= 15 is 0 Å². The fourth-order valence-corrected chi connectivity index (χ4v) is 0.859. The second-order valence-corrected chi connectivity index (χ2v) is 2.15. The number of nitrogens with zero attached hydrogens (tertiary/aromatic N) is 3. The highest BCUT2D eigenvalue weighted by molar-refractivity contribution is 5.51. The van der Waals surface area contributed by atoms with Gasteiger partial charge in [0.2, 0.25) is 0 Å². The van der Waals surface area contributed by atoms with Crippen LogP contribution < -0.4 is 11.5 Å². The summed E-state index contributed by atoms with van der Waals surface area (Å²) in [6.45, 7) is 0.244. The first-order valence-corrected chi connectivity index (χ1v) is 3.12. The van der Waals surface area contributed by atoms with Gasteiger partial charge in [0.05, 0.1) is 5.69 Å². The molecular formula is C6H9N5. The van der Waals surface area contributed by atoms with Crippen LogP contribution in [0.1, 0.15) is 11.3 Å². The fraction of sp³-hybridized carbons (Fsp3) is 0.333. The molecule has 1 aromatic rings. The summed E-state index contributed by atoms with van der Waals surface area (Å²) in [4.78, 5) is 0. The average molecular weight is 151 g/mol. The van der Waals surface area contributed by atoms with Gasteiger partial charge in [0, 0.05) is 13.6 Å². The van der Waals surface area contributed by atoms with Gasteiger partial charge in [0.25, 0.3) is 0 Å². The maximum absolute atomic E-state index is 8.60. The number of aryl methyl sites for hydroxylation is 1. The van der Waals surface area contributed by atoms with Crippen molar-refractivity contribution in [1.82, 2.24) is 9.78 Å². The number of nitrogens with two attached hydrogens (primary N) is 2. The number of rotatable bonds is 1. The minimum atomic E-state index is 0.244. The van der Waals surface area contributed by atoms with Crippen molar-refractivity contribution in [2.24, 2.45) is 12.8 Å². The van der Waals surface area contributed by atoms with E-state index in [4.69, 9.17) is 16.7 Å². The molecule has 0 amide bonds. The quantitative estimate of drug-likeness (QED) is 0.556. The van der Waals surface area contributed by atoms with Gasteiger partial charge < -0.3 is 11.5 Å². The summed E-state index contributed by atoms with van der Waals surface area (Å²) < 4.78 is 1.45. The smallest absolute Gasteiger partial charge is 0.139 e. The third-order valence-electron chi connectivity index (χ3n) is 1.47. The summed E-state index contributed by atoms with van der Waals surface area (Å²) in [5.74, 6) is 0.368. The van der Waals surface area contributed by atoms with Gasteiger partial charge in [-0.2, -0.15) is 10.4 Å². The van der Waals surface area contributed by atoms with E-state index < -0.39 is 0 Å². The van der Waals surface area contributed by atoms with Crippen molar-refractivity contribution in [1.29, 1.82) is 5.26 Å². The molecular weight excluding hydrogens is 142 g/mol. The third kappa shape index (κ3) is 1.04. The van der Waals surface area contributed by atoms with Crippen LogP contribution in [-0.4, -0.2) is 9.78 Å². The van der Waals surface area contributed by atoms with E-state index in [1.807, 2.05) is 6.07 Å². The molecule has 0 aromatic carbocycles. The lowest BCUT2D eigenvalue weighted by molar-refractivity contribution is 0.752. The van der Waals surface area contributed by atoms with Crippen LogP contribution in [-0.2, 0) is 13.6 Å². The molecule has 0 saturated heterocycles. The minimum absolute atomic E-state index is 0.244. The van der Waals surface area contributed by atoms with E-state index in [1.54, 1.807) is 7.05 Å². The van der Waals surface area contributed by atoms with E-state index in [2.05, 4.69) is 5.10 Å². The molecule has 0 saturated carbocycles. The molecule has 0 aliphatic heterocycles. The minimum Gasteiger partial charge on any atom is -0.383 e. The lowest BCUT2D eigenvalue weighted by atomic mass is 10.2. The van der Waals surface area contributed by atoms with Crippen LogP contribution in [0.2, 0.25) is 0 Å². The standard InChI is InChI=1S/C6H9N5/c1-11-6(9)4(2-7)5(3-8)10-11/h3,8-9H2,1H3. The number of hydrogen-bond acceptors (Lipinski definition) is 4. The molecule has 1 aromatic heterocycles.